The zero-order valence-corrected chi connectivity index (χ0v) is 26.5. The standard InChI is InChI=1S/C39H28N2.C5H10/c1-2-11-27-18-21-37-33(24-27)35-26-29(20-23-39(35)41(37)31-14-7-4-8-15-31)28-19-22-38-34(25-28)32-16-9-10-17-36(32)40(38)30-12-5-3-6-13-30;1-3-5-4-2/h2-10,12-26H,1,11H2;3,5H,4H2,1-2H3/b;5-3-. The van der Waals surface area contributed by atoms with Gasteiger partial charge in [-0.2, -0.15) is 0 Å². The number of aromatic nitrogens is 2. The van der Waals surface area contributed by atoms with Crippen LogP contribution >= 0.6 is 0 Å². The fourth-order valence-corrected chi connectivity index (χ4v) is 6.64. The summed E-state index contributed by atoms with van der Waals surface area (Å²) in [6.07, 6.45) is 8.18. The molecule has 0 aliphatic heterocycles. The fourth-order valence-electron chi connectivity index (χ4n) is 6.64. The van der Waals surface area contributed by atoms with Crippen LogP contribution in [-0.4, -0.2) is 9.13 Å². The molecule has 46 heavy (non-hydrogen) atoms. The van der Waals surface area contributed by atoms with Crippen LogP contribution in [0.15, 0.2) is 164 Å². The van der Waals surface area contributed by atoms with E-state index in [4.69, 9.17) is 0 Å². The van der Waals surface area contributed by atoms with Gasteiger partial charge < -0.3 is 9.13 Å². The van der Waals surface area contributed by atoms with Gasteiger partial charge in [-0.1, -0.05) is 97.9 Å². The van der Waals surface area contributed by atoms with E-state index in [0.717, 1.165) is 12.8 Å². The molecule has 2 aromatic heterocycles. The second-order valence-corrected chi connectivity index (χ2v) is 11.6. The van der Waals surface area contributed by atoms with Crippen LogP contribution in [0, 0.1) is 0 Å². The Kier molecular flexibility index (Phi) is 8.10. The van der Waals surface area contributed by atoms with Crippen molar-refractivity contribution in [1.29, 1.82) is 0 Å². The molecule has 2 nitrogen and oxygen atoms in total. The second-order valence-electron chi connectivity index (χ2n) is 11.6. The number of nitrogens with zero attached hydrogens (tertiary/aromatic N) is 2. The summed E-state index contributed by atoms with van der Waals surface area (Å²) in [6, 6.07) is 50.6. The molecular formula is C44H38N2. The van der Waals surface area contributed by atoms with E-state index in [1.54, 1.807) is 0 Å². The van der Waals surface area contributed by atoms with E-state index in [1.165, 1.54) is 71.7 Å². The van der Waals surface area contributed by atoms with Gasteiger partial charge in [0.25, 0.3) is 0 Å². The Hall–Kier alpha value is -5.60. The molecule has 0 saturated heterocycles. The Morgan fingerprint density at radius 3 is 1.52 bits per heavy atom. The van der Waals surface area contributed by atoms with Gasteiger partial charge in [-0.05, 0) is 103 Å². The quantitative estimate of drug-likeness (QED) is 0.170. The monoisotopic (exact) mass is 594 g/mol. The van der Waals surface area contributed by atoms with Gasteiger partial charge in [-0.15, -0.1) is 6.58 Å². The van der Waals surface area contributed by atoms with Crippen LogP contribution in [0.5, 0.6) is 0 Å². The van der Waals surface area contributed by atoms with E-state index in [2.05, 4.69) is 174 Å². The number of benzene rings is 6. The summed E-state index contributed by atoms with van der Waals surface area (Å²) in [5, 5.41) is 5.07. The first-order chi connectivity index (χ1) is 22.7. The zero-order valence-electron chi connectivity index (χ0n) is 26.5. The van der Waals surface area contributed by atoms with Crippen LogP contribution in [0.1, 0.15) is 25.8 Å². The minimum absolute atomic E-state index is 0.857. The molecule has 0 spiro atoms. The Morgan fingerprint density at radius 1 is 0.522 bits per heavy atom. The SMILES string of the molecule is C/C=C\CC.C=CCc1ccc2c(c1)c1cc(-c3ccc4c(c3)c3ccccc3n4-c3ccccc3)ccc1n2-c1ccccc1. The highest BCUT2D eigenvalue weighted by molar-refractivity contribution is 6.12. The number of hydrogen-bond acceptors (Lipinski definition) is 0. The van der Waals surface area contributed by atoms with E-state index < -0.39 is 0 Å². The third kappa shape index (κ3) is 5.22. The van der Waals surface area contributed by atoms with Gasteiger partial charge in [0, 0.05) is 32.9 Å². The topological polar surface area (TPSA) is 9.86 Å². The predicted octanol–water partition coefficient (Wildman–Crippen LogP) is 12.2. The van der Waals surface area contributed by atoms with Gasteiger partial charge in [0.1, 0.15) is 0 Å². The van der Waals surface area contributed by atoms with Crippen LogP contribution in [0.25, 0.3) is 66.1 Å². The third-order valence-electron chi connectivity index (χ3n) is 8.72. The van der Waals surface area contributed by atoms with E-state index >= 15 is 0 Å². The first-order valence-corrected chi connectivity index (χ1v) is 16.2. The van der Waals surface area contributed by atoms with Gasteiger partial charge in [-0.25, -0.2) is 0 Å². The summed E-state index contributed by atoms with van der Waals surface area (Å²) in [7, 11) is 0. The second kappa shape index (κ2) is 12.8. The van der Waals surface area contributed by atoms with Crippen LogP contribution < -0.4 is 0 Å². The van der Waals surface area contributed by atoms with E-state index in [0.29, 0.717) is 0 Å². The smallest absolute Gasteiger partial charge is 0.0541 e. The number of rotatable bonds is 6. The number of fused-ring (bicyclic) bond motifs is 6. The lowest BCUT2D eigenvalue weighted by atomic mass is 10.00. The zero-order chi connectivity index (χ0) is 31.5. The van der Waals surface area contributed by atoms with Crippen molar-refractivity contribution in [1.82, 2.24) is 9.13 Å². The van der Waals surface area contributed by atoms with Gasteiger partial charge in [-0.3, -0.25) is 0 Å². The number of allylic oxidation sites excluding steroid dienone is 3. The Balaban J connectivity index is 0.000000630. The Bertz CT molecular complexity index is 2330. The molecule has 0 atom stereocenters. The lowest BCUT2D eigenvalue weighted by Crippen LogP contribution is -1.93. The highest BCUT2D eigenvalue weighted by Crippen LogP contribution is 2.38. The van der Waals surface area contributed by atoms with Crippen molar-refractivity contribution in [2.24, 2.45) is 0 Å². The maximum absolute atomic E-state index is 3.97. The molecule has 2 heteroatoms. The highest BCUT2D eigenvalue weighted by atomic mass is 15.0. The summed E-state index contributed by atoms with van der Waals surface area (Å²) in [6.45, 7) is 8.12. The molecule has 0 aliphatic rings. The van der Waals surface area contributed by atoms with Gasteiger partial charge in [0.15, 0.2) is 0 Å². The molecule has 2 heterocycles. The van der Waals surface area contributed by atoms with E-state index in [1.807, 2.05) is 13.0 Å². The molecule has 0 bridgehead atoms. The Morgan fingerprint density at radius 2 is 1.00 bits per heavy atom. The molecule has 0 N–H and O–H groups in total. The van der Waals surface area contributed by atoms with Gasteiger partial charge in [0.2, 0.25) is 0 Å². The lowest BCUT2D eigenvalue weighted by molar-refractivity contribution is 1.18. The molecule has 8 rings (SSSR count). The molecular weight excluding hydrogens is 556 g/mol. The average Bonchev–Trinajstić information content (AvgIpc) is 3.61. The third-order valence-corrected chi connectivity index (χ3v) is 8.72. The maximum Gasteiger partial charge on any atom is 0.0541 e. The van der Waals surface area contributed by atoms with E-state index in [9.17, 15) is 0 Å². The van der Waals surface area contributed by atoms with Crippen molar-refractivity contribution in [3.05, 3.63) is 170 Å². The molecule has 0 amide bonds. The average molecular weight is 595 g/mol. The molecule has 6 aromatic carbocycles. The summed E-state index contributed by atoms with van der Waals surface area (Å²) in [5.41, 5.74) is 10.9. The summed E-state index contributed by atoms with van der Waals surface area (Å²) >= 11 is 0. The summed E-state index contributed by atoms with van der Waals surface area (Å²) in [4.78, 5) is 0. The molecule has 224 valence electrons. The van der Waals surface area contributed by atoms with Crippen molar-refractivity contribution in [2.45, 2.75) is 26.7 Å². The van der Waals surface area contributed by atoms with Crippen LogP contribution in [-0.2, 0) is 6.42 Å². The molecule has 0 fully saturated rings. The van der Waals surface area contributed by atoms with Crippen molar-refractivity contribution < 1.29 is 0 Å². The fraction of sp³-hybridized carbons (Fsp3) is 0.0909. The van der Waals surface area contributed by atoms with Crippen LogP contribution in [0.2, 0.25) is 0 Å². The maximum atomic E-state index is 3.97. The van der Waals surface area contributed by atoms with Crippen LogP contribution in [0.4, 0.5) is 0 Å². The first kappa shape index (κ1) is 29.1. The lowest BCUT2D eigenvalue weighted by Gasteiger charge is -2.09. The predicted molar refractivity (Wildman–Crippen MR) is 200 cm³/mol. The molecule has 0 unspecified atom stereocenters. The van der Waals surface area contributed by atoms with Crippen LogP contribution in [0.3, 0.4) is 0 Å². The minimum atomic E-state index is 0.857. The Labute approximate surface area is 271 Å². The highest BCUT2D eigenvalue weighted by Gasteiger charge is 2.16. The summed E-state index contributed by atoms with van der Waals surface area (Å²) in [5.74, 6) is 0. The number of hydrogen-bond donors (Lipinski definition) is 0. The normalized spacial score (nSPS) is 11.4. The van der Waals surface area contributed by atoms with Crippen molar-refractivity contribution in [2.75, 3.05) is 0 Å². The molecule has 0 radical (unpaired) electrons. The molecule has 8 aromatic rings. The van der Waals surface area contributed by atoms with Crippen molar-refractivity contribution in [3.63, 3.8) is 0 Å². The molecule has 0 aliphatic carbocycles. The van der Waals surface area contributed by atoms with Gasteiger partial charge >= 0.3 is 0 Å². The van der Waals surface area contributed by atoms with Crippen molar-refractivity contribution in [3.8, 4) is 22.5 Å². The van der Waals surface area contributed by atoms with Gasteiger partial charge in [0.05, 0.1) is 22.1 Å². The van der Waals surface area contributed by atoms with E-state index in [-0.39, 0.29) is 0 Å². The largest absolute Gasteiger partial charge is 0.309 e. The first-order valence-electron chi connectivity index (χ1n) is 16.2. The van der Waals surface area contributed by atoms with Crippen molar-refractivity contribution >= 4 is 43.6 Å². The number of para-hydroxylation sites is 3. The summed E-state index contributed by atoms with van der Waals surface area (Å²) < 4.78 is 4.75. The minimum Gasteiger partial charge on any atom is -0.309 e. The molecule has 0 saturated carbocycles.